The van der Waals surface area contributed by atoms with E-state index in [1.165, 1.54) is 33.1 Å². The molecule has 0 spiro atoms. The number of amides is 1. The van der Waals surface area contributed by atoms with Gasteiger partial charge < -0.3 is 10.2 Å². The number of carbonyl (C=O) groups excluding carboxylic acids is 1. The van der Waals surface area contributed by atoms with E-state index in [4.69, 9.17) is 0 Å². The van der Waals surface area contributed by atoms with Gasteiger partial charge in [-0.3, -0.25) is 9.69 Å². The van der Waals surface area contributed by atoms with Crippen molar-refractivity contribution in [3.05, 3.63) is 0 Å². The largest absolute Gasteiger partial charge is 0.354 e. The molecule has 0 aromatic rings. The Morgan fingerprint density at radius 2 is 1.70 bits per heavy atom. The Morgan fingerprint density at radius 3 is 2.22 bits per heavy atom. The molecule has 2 fully saturated rings. The number of carbonyl (C=O) groups is 1. The van der Waals surface area contributed by atoms with E-state index in [2.05, 4.69) is 22.2 Å². The van der Waals surface area contributed by atoms with Crippen molar-refractivity contribution < 1.29 is 13.6 Å². The summed E-state index contributed by atoms with van der Waals surface area (Å²) in [6.07, 6.45) is 2.96. The molecule has 23 heavy (non-hydrogen) atoms. The van der Waals surface area contributed by atoms with Gasteiger partial charge in [0, 0.05) is 12.1 Å². The quantitative estimate of drug-likeness (QED) is 0.840. The molecule has 134 valence electrons. The number of likely N-dealkylation sites (tertiary alicyclic amines) is 2. The van der Waals surface area contributed by atoms with Gasteiger partial charge in [-0.1, -0.05) is 6.42 Å². The molecule has 0 aliphatic carbocycles. The van der Waals surface area contributed by atoms with Crippen molar-refractivity contribution in [1.82, 2.24) is 15.1 Å². The summed E-state index contributed by atoms with van der Waals surface area (Å²) < 4.78 is 26.1. The summed E-state index contributed by atoms with van der Waals surface area (Å²) in [7, 11) is 2.11. The van der Waals surface area contributed by atoms with Crippen molar-refractivity contribution in [2.45, 2.75) is 57.9 Å². The van der Waals surface area contributed by atoms with Crippen LogP contribution in [0.25, 0.3) is 0 Å². The normalized spacial score (nSPS) is 23.9. The first-order chi connectivity index (χ1) is 10.8. The minimum Gasteiger partial charge on any atom is -0.354 e. The molecule has 6 heteroatoms. The summed E-state index contributed by atoms with van der Waals surface area (Å²) in [5.74, 6) is -0.539. The van der Waals surface area contributed by atoms with Gasteiger partial charge in [0.2, 0.25) is 5.91 Å². The molecule has 0 aromatic carbocycles. The molecule has 0 unspecified atom stereocenters. The zero-order valence-corrected chi connectivity index (χ0v) is 14.7. The third kappa shape index (κ3) is 4.21. The van der Waals surface area contributed by atoms with Gasteiger partial charge in [-0.05, 0) is 72.8 Å². The Morgan fingerprint density at radius 1 is 1.13 bits per heavy atom. The van der Waals surface area contributed by atoms with Crippen molar-refractivity contribution in [2.24, 2.45) is 5.41 Å². The first kappa shape index (κ1) is 18.6. The lowest BCUT2D eigenvalue weighted by Gasteiger charge is -2.50. The van der Waals surface area contributed by atoms with Crippen molar-refractivity contribution in [2.75, 3.05) is 39.8 Å². The zero-order chi connectivity index (χ0) is 17.1. The maximum Gasteiger partial charge on any atom is 0.252 e. The Bertz CT molecular complexity index is 401. The van der Waals surface area contributed by atoms with E-state index in [9.17, 15) is 13.6 Å². The van der Waals surface area contributed by atoms with E-state index in [-0.39, 0.29) is 5.54 Å². The second-order valence-corrected chi connectivity index (χ2v) is 7.78. The number of rotatable bonds is 5. The monoisotopic (exact) mass is 331 g/mol. The van der Waals surface area contributed by atoms with Crippen LogP contribution in [0.2, 0.25) is 0 Å². The molecule has 4 nitrogen and oxygen atoms in total. The SMILES string of the molecule is CN1CCC(CNC(=O)C(C)(C)C(F)F)(N2CCCCC2)CC1. The lowest BCUT2D eigenvalue weighted by atomic mass is 9.83. The maximum absolute atomic E-state index is 13.1. The zero-order valence-electron chi connectivity index (χ0n) is 14.7. The van der Waals surface area contributed by atoms with E-state index < -0.39 is 17.7 Å². The third-order valence-electron chi connectivity index (χ3n) is 5.65. The number of nitrogens with zero attached hydrogens (tertiary/aromatic N) is 2. The van der Waals surface area contributed by atoms with E-state index in [1.807, 2.05) is 0 Å². The number of hydrogen-bond donors (Lipinski definition) is 1. The highest BCUT2D eigenvalue weighted by molar-refractivity contribution is 5.82. The van der Waals surface area contributed by atoms with Gasteiger partial charge in [-0.25, -0.2) is 8.78 Å². The van der Waals surface area contributed by atoms with Crippen LogP contribution in [0.4, 0.5) is 8.78 Å². The first-order valence-electron chi connectivity index (χ1n) is 8.78. The molecular weight excluding hydrogens is 300 g/mol. The molecule has 0 saturated carbocycles. The van der Waals surface area contributed by atoms with Crippen LogP contribution in [0.3, 0.4) is 0 Å². The lowest BCUT2D eigenvalue weighted by Crippen LogP contribution is -2.62. The minimum absolute atomic E-state index is 0.0687. The predicted molar refractivity (Wildman–Crippen MR) is 87.7 cm³/mol. The summed E-state index contributed by atoms with van der Waals surface area (Å²) in [5.41, 5.74) is -1.70. The van der Waals surface area contributed by atoms with Gasteiger partial charge in [0.15, 0.2) is 0 Å². The van der Waals surface area contributed by atoms with Gasteiger partial charge >= 0.3 is 0 Å². The number of hydrogen-bond acceptors (Lipinski definition) is 3. The fourth-order valence-corrected chi connectivity index (χ4v) is 3.58. The average Bonchev–Trinajstić information content (AvgIpc) is 2.55. The molecule has 1 amide bonds. The molecule has 2 heterocycles. The van der Waals surface area contributed by atoms with E-state index >= 15 is 0 Å². The fraction of sp³-hybridized carbons (Fsp3) is 0.941. The van der Waals surface area contributed by atoms with Crippen molar-refractivity contribution in [1.29, 1.82) is 0 Å². The predicted octanol–water partition coefficient (Wildman–Crippen LogP) is 2.34. The molecule has 0 aromatic heterocycles. The fourth-order valence-electron chi connectivity index (χ4n) is 3.58. The second kappa shape index (κ2) is 7.43. The molecule has 2 rings (SSSR count). The standard InChI is InChI=1S/C17H31F2N3O/c1-16(2,14(18)19)15(23)20-13-17(7-11-21(3)12-8-17)22-9-5-4-6-10-22/h14H,4-13H2,1-3H3,(H,20,23). The highest BCUT2D eigenvalue weighted by Crippen LogP contribution is 2.32. The number of halogens is 2. The summed E-state index contributed by atoms with van der Waals surface area (Å²) in [6, 6.07) is 0. The summed E-state index contributed by atoms with van der Waals surface area (Å²) >= 11 is 0. The van der Waals surface area contributed by atoms with Crippen LogP contribution >= 0.6 is 0 Å². The Hall–Kier alpha value is -0.750. The first-order valence-corrected chi connectivity index (χ1v) is 8.78. The molecular formula is C17H31F2N3O. The van der Waals surface area contributed by atoms with Crippen LogP contribution in [0.5, 0.6) is 0 Å². The summed E-state index contributed by atoms with van der Waals surface area (Å²) in [6.45, 7) is 7.20. The average molecular weight is 331 g/mol. The lowest BCUT2D eigenvalue weighted by molar-refractivity contribution is -0.138. The van der Waals surface area contributed by atoms with Crippen LogP contribution in [-0.2, 0) is 4.79 Å². The Kier molecular flexibility index (Phi) is 6.00. The maximum atomic E-state index is 13.1. The Labute approximate surface area is 138 Å². The number of nitrogens with one attached hydrogen (secondary N) is 1. The van der Waals surface area contributed by atoms with Gasteiger partial charge in [0.05, 0.1) is 0 Å². The highest BCUT2D eigenvalue weighted by atomic mass is 19.3. The summed E-state index contributed by atoms with van der Waals surface area (Å²) in [5, 5.41) is 2.85. The topological polar surface area (TPSA) is 35.6 Å². The van der Waals surface area contributed by atoms with E-state index in [0.717, 1.165) is 39.0 Å². The molecule has 0 radical (unpaired) electrons. The van der Waals surface area contributed by atoms with Crippen LogP contribution in [0.1, 0.15) is 46.0 Å². The molecule has 0 bridgehead atoms. The van der Waals surface area contributed by atoms with E-state index in [1.54, 1.807) is 0 Å². The van der Waals surface area contributed by atoms with Crippen molar-refractivity contribution in [3.63, 3.8) is 0 Å². The van der Waals surface area contributed by atoms with Gasteiger partial charge in [-0.15, -0.1) is 0 Å². The van der Waals surface area contributed by atoms with Gasteiger partial charge in [-0.2, -0.15) is 0 Å². The molecule has 0 atom stereocenters. The van der Waals surface area contributed by atoms with Crippen LogP contribution in [-0.4, -0.2) is 67.4 Å². The van der Waals surface area contributed by atoms with Gasteiger partial charge in [0.1, 0.15) is 5.41 Å². The second-order valence-electron chi connectivity index (χ2n) is 7.78. The van der Waals surface area contributed by atoms with E-state index in [0.29, 0.717) is 6.54 Å². The molecule has 2 aliphatic heterocycles. The number of alkyl halides is 2. The molecule has 2 saturated heterocycles. The van der Waals surface area contributed by atoms with Gasteiger partial charge in [0.25, 0.3) is 6.43 Å². The van der Waals surface area contributed by atoms with Crippen LogP contribution in [0, 0.1) is 5.41 Å². The smallest absolute Gasteiger partial charge is 0.252 e. The van der Waals surface area contributed by atoms with Crippen molar-refractivity contribution in [3.8, 4) is 0 Å². The molecule has 2 aliphatic rings. The third-order valence-corrected chi connectivity index (χ3v) is 5.65. The Balaban J connectivity index is 2.05. The number of piperidine rings is 2. The highest BCUT2D eigenvalue weighted by Gasteiger charge is 2.42. The van der Waals surface area contributed by atoms with Crippen molar-refractivity contribution >= 4 is 5.91 Å². The van der Waals surface area contributed by atoms with Crippen LogP contribution < -0.4 is 5.32 Å². The molecule has 1 N–H and O–H groups in total. The summed E-state index contributed by atoms with van der Waals surface area (Å²) in [4.78, 5) is 17.0. The minimum atomic E-state index is -2.65. The van der Waals surface area contributed by atoms with Crippen LogP contribution in [0.15, 0.2) is 0 Å².